The molecule has 1 aliphatic rings. The summed E-state index contributed by atoms with van der Waals surface area (Å²) in [7, 11) is 0. The Labute approximate surface area is 161 Å². The average Bonchev–Trinajstić information content (AvgIpc) is 2.83. The molecule has 0 saturated carbocycles. The van der Waals surface area contributed by atoms with Gasteiger partial charge in [0.05, 0.1) is 0 Å². The van der Waals surface area contributed by atoms with Crippen LogP contribution in [0.3, 0.4) is 0 Å². The molecule has 3 rings (SSSR count). The Balaban J connectivity index is 1.94. The minimum Gasteiger partial charge on any atom is -0.367 e. The predicted octanol–water partition coefficient (Wildman–Crippen LogP) is 5.52. The van der Waals surface area contributed by atoms with Crippen LogP contribution < -0.4 is 10.2 Å². The van der Waals surface area contributed by atoms with Crippen molar-refractivity contribution in [2.75, 3.05) is 16.8 Å². The molecule has 1 aliphatic heterocycles. The Bertz CT molecular complexity index is 814. The third-order valence-corrected chi connectivity index (χ3v) is 5.36. The fraction of sp³-hybridized carbons (Fsp3) is 0.435. The Kier molecular flexibility index (Phi) is 6.15. The first-order valence-corrected chi connectivity index (χ1v) is 9.92. The lowest BCUT2D eigenvalue weighted by atomic mass is 9.96. The van der Waals surface area contributed by atoms with Crippen LogP contribution in [0, 0.1) is 19.7 Å². The van der Waals surface area contributed by atoms with Gasteiger partial charge in [0.2, 0.25) is 5.91 Å². The second-order valence-corrected chi connectivity index (χ2v) is 7.49. The molecule has 0 fully saturated rings. The normalized spacial score (nSPS) is 13.9. The van der Waals surface area contributed by atoms with E-state index >= 15 is 0 Å². The number of nitrogens with one attached hydrogen (secondary N) is 1. The van der Waals surface area contributed by atoms with E-state index in [4.69, 9.17) is 0 Å². The highest BCUT2D eigenvalue weighted by Crippen LogP contribution is 2.36. The molecule has 0 unspecified atom stereocenters. The zero-order chi connectivity index (χ0) is 19.4. The Morgan fingerprint density at radius 3 is 2.63 bits per heavy atom. The summed E-state index contributed by atoms with van der Waals surface area (Å²) in [5, 5.41) is 3.12. The van der Waals surface area contributed by atoms with E-state index in [1.807, 2.05) is 19.1 Å². The van der Waals surface area contributed by atoms with Crippen LogP contribution in [-0.4, -0.2) is 12.5 Å². The summed E-state index contributed by atoms with van der Waals surface area (Å²) in [5.74, 6) is -0.116. The summed E-state index contributed by atoms with van der Waals surface area (Å²) in [4.78, 5) is 14.5. The summed E-state index contributed by atoms with van der Waals surface area (Å²) < 4.78 is 13.2. The molecule has 0 atom stereocenters. The van der Waals surface area contributed by atoms with Crippen LogP contribution in [0.2, 0.25) is 0 Å². The van der Waals surface area contributed by atoms with Gasteiger partial charge in [-0.3, -0.25) is 4.79 Å². The lowest BCUT2D eigenvalue weighted by Crippen LogP contribution is -2.24. The van der Waals surface area contributed by atoms with Crippen LogP contribution in [0.4, 0.5) is 15.8 Å². The third kappa shape index (κ3) is 4.49. The fourth-order valence-electron chi connectivity index (χ4n) is 3.92. The van der Waals surface area contributed by atoms with E-state index in [1.165, 1.54) is 28.9 Å². The van der Waals surface area contributed by atoms with E-state index in [-0.39, 0.29) is 11.7 Å². The molecule has 0 radical (unpaired) electrons. The highest BCUT2D eigenvalue weighted by Gasteiger charge is 2.21. The van der Waals surface area contributed by atoms with E-state index in [0.717, 1.165) is 55.6 Å². The van der Waals surface area contributed by atoms with Gasteiger partial charge in [-0.05, 0) is 80.0 Å². The molecule has 0 aliphatic carbocycles. The average molecular weight is 368 g/mol. The van der Waals surface area contributed by atoms with Crippen molar-refractivity contribution in [1.82, 2.24) is 0 Å². The van der Waals surface area contributed by atoms with Crippen molar-refractivity contribution in [2.45, 2.75) is 59.4 Å². The minimum atomic E-state index is -0.200. The van der Waals surface area contributed by atoms with Crippen molar-refractivity contribution in [3.63, 3.8) is 0 Å². The van der Waals surface area contributed by atoms with Crippen molar-refractivity contribution in [1.29, 1.82) is 0 Å². The van der Waals surface area contributed by atoms with Crippen LogP contribution in [-0.2, 0) is 17.8 Å². The van der Waals surface area contributed by atoms with E-state index < -0.39 is 0 Å². The number of carbonyl (C=O) groups excluding carboxylic acids is 1. The van der Waals surface area contributed by atoms with Crippen molar-refractivity contribution in [3.05, 3.63) is 58.4 Å². The maximum absolute atomic E-state index is 13.2. The predicted molar refractivity (Wildman–Crippen MR) is 110 cm³/mol. The van der Waals surface area contributed by atoms with E-state index in [2.05, 4.69) is 30.1 Å². The standard InChI is InChI=1S/C23H29FN2O/c1-4-7-22(27)25-23-16(2)14-21-20(17(23)3)8-5-6-13-26(21)15-18-9-11-19(24)12-10-18/h9-12,14H,4-8,13,15H2,1-3H3,(H,25,27). The first kappa shape index (κ1) is 19.4. The Morgan fingerprint density at radius 2 is 1.93 bits per heavy atom. The molecule has 1 amide bonds. The van der Waals surface area contributed by atoms with Gasteiger partial charge in [-0.2, -0.15) is 0 Å². The van der Waals surface area contributed by atoms with Crippen molar-refractivity contribution < 1.29 is 9.18 Å². The summed E-state index contributed by atoms with van der Waals surface area (Å²) in [6.45, 7) is 7.97. The number of carbonyl (C=O) groups is 1. The minimum absolute atomic E-state index is 0.0837. The van der Waals surface area contributed by atoms with Crippen LogP contribution >= 0.6 is 0 Å². The lowest BCUT2D eigenvalue weighted by Gasteiger charge is -2.28. The summed E-state index contributed by atoms with van der Waals surface area (Å²) in [5.41, 5.74) is 6.94. The second-order valence-electron chi connectivity index (χ2n) is 7.49. The Hall–Kier alpha value is -2.36. The number of hydrogen-bond acceptors (Lipinski definition) is 2. The molecule has 27 heavy (non-hydrogen) atoms. The molecule has 144 valence electrons. The second kappa shape index (κ2) is 8.55. The van der Waals surface area contributed by atoms with E-state index in [0.29, 0.717) is 6.42 Å². The molecule has 0 spiro atoms. The SMILES string of the molecule is CCCC(=O)Nc1c(C)cc2c(c1C)CCCCN2Cc1ccc(F)cc1. The van der Waals surface area contributed by atoms with Gasteiger partial charge >= 0.3 is 0 Å². The maximum Gasteiger partial charge on any atom is 0.224 e. The third-order valence-electron chi connectivity index (χ3n) is 5.36. The smallest absolute Gasteiger partial charge is 0.224 e. The number of rotatable bonds is 5. The molecule has 2 aromatic rings. The van der Waals surface area contributed by atoms with Gasteiger partial charge < -0.3 is 10.2 Å². The quantitative estimate of drug-likeness (QED) is 0.753. The molecule has 0 aromatic heterocycles. The number of amides is 1. The zero-order valence-corrected chi connectivity index (χ0v) is 16.6. The number of fused-ring (bicyclic) bond motifs is 1. The Morgan fingerprint density at radius 1 is 1.19 bits per heavy atom. The monoisotopic (exact) mass is 368 g/mol. The van der Waals surface area contributed by atoms with Crippen molar-refractivity contribution >= 4 is 17.3 Å². The van der Waals surface area contributed by atoms with Gasteiger partial charge in [0.1, 0.15) is 5.82 Å². The molecule has 1 heterocycles. The summed E-state index contributed by atoms with van der Waals surface area (Å²) in [6.07, 6.45) is 4.69. The molecule has 4 heteroatoms. The van der Waals surface area contributed by atoms with Gasteiger partial charge in [-0.25, -0.2) is 4.39 Å². The van der Waals surface area contributed by atoms with Gasteiger partial charge in [-0.15, -0.1) is 0 Å². The highest BCUT2D eigenvalue weighted by atomic mass is 19.1. The molecular formula is C23H29FN2O. The highest BCUT2D eigenvalue weighted by molar-refractivity contribution is 5.93. The van der Waals surface area contributed by atoms with Crippen LogP contribution in [0.15, 0.2) is 30.3 Å². The molecule has 0 saturated heterocycles. The van der Waals surface area contributed by atoms with Crippen LogP contribution in [0.1, 0.15) is 54.9 Å². The zero-order valence-electron chi connectivity index (χ0n) is 16.6. The first-order chi connectivity index (χ1) is 13.0. The molecule has 0 bridgehead atoms. The van der Waals surface area contributed by atoms with Crippen molar-refractivity contribution in [3.8, 4) is 0 Å². The van der Waals surface area contributed by atoms with Crippen LogP contribution in [0.25, 0.3) is 0 Å². The number of halogens is 1. The first-order valence-electron chi connectivity index (χ1n) is 9.92. The van der Waals surface area contributed by atoms with Gasteiger partial charge in [0.25, 0.3) is 0 Å². The maximum atomic E-state index is 13.2. The van der Waals surface area contributed by atoms with Gasteiger partial charge in [-0.1, -0.05) is 19.1 Å². The lowest BCUT2D eigenvalue weighted by molar-refractivity contribution is -0.116. The largest absolute Gasteiger partial charge is 0.367 e. The molecule has 1 N–H and O–H groups in total. The van der Waals surface area contributed by atoms with Gasteiger partial charge in [0, 0.05) is 30.9 Å². The van der Waals surface area contributed by atoms with E-state index in [1.54, 1.807) is 0 Å². The van der Waals surface area contributed by atoms with E-state index in [9.17, 15) is 9.18 Å². The number of anilines is 2. The van der Waals surface area contributed by atoms with Gasteiger partial charge in [0.15, 0.2) is 0 Å². The fourth-order valence-corrected chi connectivity index (χ4v) is 3.92. The van der Waals surface area contributed by atoms with Crippen LogP contribution in [0.5, 0.6) is 0 Å². The molecule has 2 aromatic carbocycles. The number of aryl methyl sites for hydroxylation is 1. The summed E-state index contributed by atoms with van der Waals surface area (Å²) in [6, 6.07) is 8.98. The number of hydrogen-bond donors (Lipinski definition) is 1. The summed E-state index contributed by atoms with van der Waals surface area (Å²) >= 11 is 0. The number of benzene rings is 2. The number of nitrogens with zero attached hydrogens (tertiary/aromatic N) is 1. The molecule has 3 nitrogen and oxygen atoms in total. The molecular weight excluding hydrogens is 339 g/mol. The van der Waals surface area contributed by atoms with Crippen molar-refractivity contribution in [2.24, 2.45) is 0 Å². The topological polar surface area (TPSA) is 32.3 Å².